The summed E-state index contributed by atoms with van der Waals surface area (Å²) in [6, 6.07) is 1.34. The molecule has 0 unspecified atom stereocenters. The molecule has 0 saturated heterocycles. The Bertz CT molecular complexity index is 425. The van der Waals surface area contributed by atoms with E-state index >= 15 is 0 Å². The number of anilines is 1. The molecule has 0 atom stereocenters. The molecular weight excluding hydrogens is 256 g/mol. The SMILES string of the molecule is CCC(CC)(CO)Nc1ncc(C(=O)O)cc1Cl. The van der Waals surface area contributed by atoms with E-state index in [2.05, 4.69) is 10.3 Å². The third-order valence-electron chi connectivity index (χ3n) is 3.13. The van der Waals surface area contributed by atoms with Crippen molar-refractivity contribution in [1.82, 2.24) is 4.98 Å². The lowest BCUT2D eigenvalue weighted by Gasteiger charge is -2.31. The van der Waals surface area contributed by atoms with Crippen molar-refractivity contribution in [3.63, 3.8) is 0 Å². The van der Waals surface area contributed by atoms with Crippen LogP contribution in [0.1, 0.15) is 37.0 Å². The molecule has 100 valence electrons. The number of hydrogen-bond donors (Lipinski definition) is 3. The quantitative estimate of drug-likeness (QED) is 0.741. The first-order valence-corrected chi connectivity index (χ1v) is 6.13. The molecule has 3 N–H and O–H groups in total. The Morgan fingerprint density at radius 1 is 1.50 bits per heavy atom. The van der Waals surface area contributed by atoms with Gasteiger partial charge in [0.1, 0.15) is 5.82 Å². The number of halogens is 1. The number of aliphatic hydroxyl groups is 1. The Labute approximate surface area is 111 Å². The fraction of sp³-hybridized carbons (Fsp3) is 0.500. The number of nitrogens with one attached hydrogen (secondary N) is 1. The maximum absolute atomic E-state index is 10.8. The highest BCUT2D eigenvalue weighted by Gasteiger charge is 2.26. The van der Waals surface area contributed by atoms with E-state index in [4.69, 9.17) is 16.7 Å². The summed E-state index contributed by atoms with van der Waals surface area (Å²) >= 11 is 5.98. The highest BCUT2D eigenvalue weighted by atomic mass is 35.5. The van der Waals surface area contributed by atoms with E-state index in [0.717, 1.165) is 0 Å². The molecule has 1 aromatic rings. The van der Waals surface area contributed by atoms with Gasteiger partial charge in [0.2, 0.25) is 0 Å². The van der Waals surface area contributed by atoms with Crippen molar-refractivity contribution < 1.29 is 15.0 Å². The normalized spacial score (nSPS) is 11.3. The van der Waals surface area contributed by atoms with Crippen molar-refractivity contribution >= 4 is 23.4 Å². The van der Waals surface area contributed by atoms with Gasteiger partial charge in [-0.25, -0.2) is 9.78 Å². The molecule has 0 bridgehead atoms. The third kappa shape index (κ3) is 3.11. The Kier molecular flexibility index (Phi) is 4.93. The van der Waals surface area contributed by atoms with Gasteiger partial charge in [-0.05, 0) is 18.9 Å². The molecule has 0 amide bonds. The van der Waals surface area contributed by atoms with Crippen LogP contribution in [0, 0.1) is 0 Å². The fourth-order valence-electron chi connectivity index (χ4n) is 1.59. The molecule has 18 heavy (non-hydrogen) atoms. The molecule has 0 aliphatic carbocycles. The largest absolute Gasteiger partial charge is 0.478 e. The van der Waals surface area contributed by atoms with Crippen LogP contribution in [0.3, 0.4) is 0 Å². The molecule has 1 rings (SSSR count). The molecule has 5 nitrogen and oxygen atoms in total. The number of aromatic nitrogens is 1. The molecule has 1 aromatic heterocycles. The second kappa shape index (κ2) is 6.02. The lowest BCUT2D eigenvalue weighted by molar-refractivity contribution is 0.0696. The monoisotopic (exact) mass is 272 g/mol. The van der Waals surface area contributed by atoms with E-state index in [1.165, 1.54) is 12.3 Å². The first-order valence-electron chi connectivity index (χ1n) is 5.76. The van der Waals surface area contributed by atoms with Gasteiger partial charge in [-0.1, -0.05) is 25.4 Å². The highest BCUT2D eigenvalue weighted by Crippen LogP contribution is 2.26. The van der Waals surface area contributed by atoms with Crippen LogP contribution in [0.25, 0.3) is 0 Å². The van der Waals surface area contributed by atoms with E-state index < -0.39 is 11.5 Å². The summed E-state index contributed by atoms with van der Waals surface area (Å²) in [5, 5.41) is 21.6. The summed E-state index contributed by atoms with van der Waals surface area (Å²) in [6.45, 7) is 3.86. The van der Waals surface area contributed by atoms with Crippen LogP contribution in [0.5, 0.6) is 0 Å². The first-order chi connectivity index (χ1) is 8.48. The van der Waals surface area contributed by atoms with Gasteiger partial charge in [0, 0.05) is 6.20 Å². The van der Waals surface area contributed by atoms with Crippen LogP contribution in [0.4, 0.5) is 5.82 Å². The molecule has 0 fully saturated rings. The van der Waals surface area contributed by atoms with E-state index in [1.807, 2.05) is 13.8 Å². The van der Waals surface area contributed by atoms with Gasteiger partial charge >= 0.3 is 5.97 Å². The smallest absolute Gasteiger partial charge is 0.337 e. The minimum Gasteiger partial charge on any atom is -0.478 e. The number of carboxylic acids is 1. The number of rotatable bonds is 6. The van der Waals surface area contributed by atoms with E-state index in [1.54, 1.807) is 0 Å². The van der Waals surface area contributed by atoms with Crippen LogP contribution in [-0.2, 0) is 0 Å². The second-order valence-electron chi connectivity index (χ2n) is 4.13. The minimum absolute atomic E-state index is 0.0353. The van der Waals surface area contributed by atoms with Crippen molar-refractivity contribution in [1.29, 1.82) is 0 Å². The van der Waals surface area contributed by atoms with Gasteiger partial charge in [-0.15, -0.1) is 0 Å². The van der Waals surface area contributed by atoms with Crippen molar-refractivity contribution in [3.05, 3.63) is 22.8 Å². The van der Waals surface area contributed by atoms with Crippen LogP contribution in [0.2, 0.25) is 5.02 Å². The first kappa shape index (κ1) is 14.7. The number of carboxylic acid groups (broad SMARTS) is 1. The molecule has 1 heterocycles. The maximum atomic E-state index is 10.8. The van der Waals surface area contributed by atoms with Crippen molar-refractivity contribution in [2.45, 2.75) is 32.2 Å². The molecule has 6 heteroatoms. The van der Waals surface area contributed by atoms with Crippen LogP contribution in [0.15, 0.2) is 12.3 Å². The van der Waals surface area contributed by atoms with Crippen LogP contribution < -0.4 is 5.32 Å². The maximum Gasteiger partial charge on any atom is 0.337 e. The number of pyridine rings is 1. The summed E-state index contributed by atoms with van der Waals surface area (Å²) in [4.78, 5) is 14.8. The highest BCUT2D eigenvalue weighted by molar-refractivity contribution is 6.33. The predicted octanol–water partition coefficient (Wildman–Crippen LogP) is 2.40. The van der Waals surface area contributed by atoms with Crippen molar-refractivity contribution in [2.75, 3.05) is 11.9 Å². The van der Waals surface area contributed by atoms with Gasteiger partial charge < -0.3 is 15.5 Å². The van der Waals surface area contributed by atoms with E-state index in [-0.39, 0.29) is 17.2 Å². The predicted molar refractivity (Wildman–Crippen MR) is 70.2 cm³/mol. The molecule has 0 spiro atoms. The van der Waals surface area contributed by atoms with Gasteiger partial charge in [0.05, 0.1) is 22.7 Å². The van der Waals surface area contributed by atoms with Gasteiger partial charge in [-0.3, -0.25) is 0 Å². The van der Waals surface area contributed by atoms with Gasteiger partial charge in [-0.2, -0.15) is 0 Å². The number of nitrogens with zero attached hydrogens (tertiary/aromatic N) is 1. The standard InChI is InChI=1S/C12H17ClN2O3/c1-3-12(4-2,7-16)15-10-9(13)5-8(6-14-10)11(17)18/h5-6,16H,3-4,7H2,1-2H3,(H,14,15)(H,17,18). The Morgan fingerprint density at radius 2 is 2.11 bits per heavy atom. The van der Waals surface area contributed by atoms with Gasteiger partial charge in [0.25, 0.3) is 0 Å². The minimum atomic E-state index is -1.07. The topological polar surface area (TPSA) is 82.5 Å². The van der Waals surface area contributed by atoms with E-state index in [0.29, 0.717) is 18.7 Å². The van der Waals surface area contributed by atoms with Crippen LogP contribution in [-0.4, -0.2) is 33.3 Å². The zero-order valence-corrected chi connectivity index (χ0v) is 11.2. The summed E-state index contributed by atoms with van der Waals surface area (Å²) in [7, 11) is 0. The number of aliphatic hydroxyl groups excluding tert-OH is 1. The Hall–Kier alpha value is -1.33. The average molecular weight is 273 g/mol. The number of hydrogen-bond acceptors (Lipinski definition) is 4. The van der Waals surface area contributed by atoms with Crippen LogP contribution >= 0.6 is 11.6 Å². The second-order valence-corrected chi connectivity index (χ2v) is 4.54. The average Bonchev–Trinajstić information content (AvgIpc) is 2.38. The summed E-state index contributed by atoms with van der Waals surface area (Å²) in [5.74, 6) is -0.685. The number of aromatic carboxylic acids is 1. The van der Waals surface area contributed by atoms with Gasteiger partial charge in [0.15, 0.2) is 0 Å². The van der Waals surface area contributed by atoms with Crippen molar-refractivity contribution in [3.8, 4) is 0 Å². The lowest BCUT2D eigenvalue weighted by Crippen LogP contribution is -2.41. The molecule has 0 aromatic carbocycles. The summed E-state index contributed by atoms with van der Waals surface area (Å²) in [5.41, 5.74) is -0.449. The zero-order valence-electron chi connectivity index (χ0n) is 10.4. The van der Waals surface area contributed by atoms with Crippen molar-refractivity contribution in [2.24, 2.45) is 0 Å². The molecule has 0 saturated carbocycles. The fourth-order valence-corrected chi connectivity index (χ4v) is 1.80. The number of carbonyl (C=O) groups is 1. The zero-order chi connectivity index (χ0) is 13.8. The third-order valence-corrected chi connectivity index (χ3v) is 3.42. The molecule has 0 aliphatic heterocycles. The Morgan fingerprint density at radius 3 is 2.50 bits per heavy atom. The molecular formula is C12H17ClN2O3. The summed E-state index contributed by atoms with van der Waals surface area (Å²) in [6.07, 6.45) is 2.65. The van der Waals surface area contributed by atoms with E-state index in [9.17, 15) is 9.90 Å². The summed E-state index contributed by atoms with van der Waals surface area (Å²) < 4.78 is 0. The lowest BCUT2D eigenvalue weighted by atomic mass is 9.94. The molecule has 0 radical (unpaired) electrons. The molecule has 0 aliphatic rings. The Balaban J connectivity index is 3.01.